The highest BCUT2D eigenvalue weighted by Gasteiger charge is 2.09. The van der Waals surface area contributed by atoms with Crippen LogP contribution in [0.3, 0.4) is 0 Å². The molecule has 134 valence electrons. The van der Waals surface area contributed by atoms with Crippen LogP contribution in [0.4, 0.5) is 11.4 Å². The Hall–Kier alpha value is -2.65. The van der Waals surface area contributed by atoms with Crippen molar-refractivity contribution in [2.24, 2.45) is 0 Å². The van der Waals surface area contributed by atoms with Gasteiger partial charge in [-0.05, 0) is 29.6 Å². The smallest absolute Gasteiger partial charge is 0.234 e. The number of H-pyrrole nitrogens is 1. The number of carbonyl (C=O) groups excluding carboxylic acids is 2. The van der Waals surface area contributed by atoms with Crippen LogP contribution in [-0.4, -0.2) is 32.7 Å². The van der Waals surface area contributed by atoms with E-state index < -0.39 is 0 Å². The maximum atomic E-state index is 12.1. The number of carbonyl (C=O) groups is 2. The highest BCUT2D eigenvalue weighted by atomic mass is 32.2. The molecular formula is C17H17N5O2S2. The van der Waals surface area contributed by atoms with Crippen LogP contribution in [0.2, 0.25) is 0 Å². The fourth-order valence-electron chi connectivity index (χ4n) is 2.20. The Bertz CT molecular complexity index is 892. The zero-order valence-corrected chi connectivity index (χ0v) is 15.6. The minimum Gasteiger partial charge on any atom is -0.326 e. The van der Waals surface area contributed by atoms with Crippen LogP contribution in [0.15, 0.2) is 46.9 Å². The molecule has 9 heteroatoms. The first kappa shape index (κ1) is 18.2. The average Bonchev–Trinajstić information content (AvgIpc) is 3.25. The topological polar surface area (TPSA) is 99.8 Å². The quantitative estimate of drug-likeness (QED) is 0.541. The molecule has 0 spiro atoms. The molecule has 0 fully saturated rings. The van der Waals surface area contributed by atoms with E-state index >= 15 is 0 Å². The van der Waals surface area contributed by atoms with Gasteiger partial charge in [-0.1, -0.05) is 23.9 Å². The van der Waals surface area contributed by atoms with Crippen molar-refractivity contribution in [1.82, 2.24) is 15.2 Å². The van der Waals surface area contributed by atoms with Gasteiger partial charge in [0.15, 0.2) is 0 Å². The predicted molar refractivity (Wildman–Crippen MR) is 104 cm³/mol. The highest BCUT2D eigenvalue weighted by Crippen LogP contribution is 2.18. The third-order valence-corrected chi connectivity index (χ3v) is 4.96. The van der Waals surface area contributed by atoms with Crippen LogP contribution in [0.1, 0.15) is 17.6 Å². The van der Waals surface area contributed by atoms with Gasteiger partial charge in [0.2, 0.25) is 17.0 Å². The molecule has 7 nitrogen and oxygen atoms in total. The minimum atomic E-state index is -0.167. The predicted octanol–water partition coefficient (Wildman–Crippen LogP) is 3.15. The summed E-state index contributed by atoms with van der Waals surface area (Å²) in [6.45, 7) is 1.44. The molecule has 3 N–H and O–H groups in total. The Labute approximate surface area is 158 Å². The molecule has 0 aliphatic carbocycles. The van der Waals surface area contributed by atoms with Gasteiger partial charge in [-0.3, -0.25) is 14.7 Å². The molecule has 0 aliphatic heterocycles. The number of hydrogen-bond acceptors (Lipinski definition) is 6. The molecule has 2 amide bonds. The normalized spacial score (nSPS) is 10.5. The molecule has 3 rings (SSSR count). The number of nitrogens with one attached hydrogen (secondary N) is 3. The van der Waals surface area contributed by atoms with E-state index in [4.69, 9.17) is 0 Å². The zero-order valence-electron chi connectivity index (χ0n) is 14.0. The van der Waals surface area contributed by atoms with E-state index in [0.717, 1.165) is 5.82 Å². The Morgan fingerprint density at radius 3 is 2.73 bits per heavy atom. The average molecular weight is 387 g/mol. The second-order valence-electron chi connectivity index (χ2n) is 5.42. The first-order valence-electron chi connectivity index (χ1n) is 7.82. The van der Waals surface area contributed by atoms with Gasteiger partial charge in [0.1, 0.15) is 5.82 Å². The molecule has 0 unspecified atom stereocenters. The van der Waals surface area contributed by atoms with E-state index in [1.54, 1.807) is 35.6 Å². The van der Waals surface area contributed by atoms with E-state index in [1.165, 1.54) is 23.6 Å². The number of aromatic amines is 1. The Kier molecular flexibility index (Phi) is 6.03. The van der Waals surface area contributed by atoms with Crippen LogP contribution in [0.5, 0.6) is 0 Å². The summed E-state index contributed by atoms with van der Waals surface area (Å²) < 4.78 is 0. The number of thiophene rings is 1. The zero-order chi connectivity index (χ0) is 18.4. The van der Waals surface area contributed by atoms with Crippen LogP contribution < -0.4 is 10.6 Å². The molecular weight excluding hydrogens is 370 g/mol. The van der Waals surface area contributed by atoms with Crippen LogP contribution in [0, 0.1) is 0 Å². The van der Waals surface area contributed by atoms with Gasteiger partial charge in [0.05, 0.1) is 5.75 Å². The van der Waals surface area contributed by atoms with Crippen molar-refractivity contribution < 1.29 is 9.59 Å². The first-order chi connectivity index (χ1) is 12.6. The summed E-state index contributed by atoms with van der Waals surface area (Å²) in [7, 11) is 0. The highest BCUT2D eigenvalue weighted by molar-refractivity contribution is 7.99. The number of benzene rings is 1. The molecule has 0 radical (unpaired) electrons. The number of aromatic nitrogens is 3. The molecule has 1 aromatic carbocycles. The number of anilines is 2. The SMILES string of the molecule is CC(=O)Nc1cccc(NC(=O)CSc2n[nH]c(Cc3cccs3)n2)c1. The summed E-state index contributed by atoms with van der Waals surface area (Å²) in [5, 5.41) is 15.1. The van der Waals surface area contributed by atoms with Crippen molar-refractivity contribution in [2.75, 3.05) is 16.4 Å². The Morgan fingerprint density at radius 1 is 1.19 bits per heavy atom. The van der Waals surface area contributed by atoms with Crippen molar-refractivity contribution in [3.8, 4) is 0 Å². The lowest BCUT2D eigenvalue weighted by molar-refractivity contribution is -0.114. The van der Waals surface area contributed by atoms with Crippen molar-refractivity contribution in [1.29, 1.82) is 0 Å². The second-order valence-corrected chi connectivity index (χ2v) is 7.39. The molecule has 0 atom stereocenters. The molecule has 0 aliphatic rings. The second kappa shape index (κ2) is 8.63. The standard InChI is InChI=1S/C17H17N5O2S2/c1-11(23)18-12-4-2-5-13(8-12)19-16(24)10-26-17-20-15(21-22-17)9-14-6-3-7-25-14/h2-8H,9-10H2,1H3,(H,18,23)(H,19,24)(H,20,21,22). The van der Waals surface area contributed by atoms with Gasteiger partial charge >= 0.3 is 0 Å². The Morgan fingerprint density at radius 2 is 2.00 bits per heavy atom. The van der Waals surface area contributed by atoms with E-state index in [2.05, 4.69) is 25.8 Å². The number of amides is 2. The fourth-order valence-corrected chi connectivity index (χ4v) is 3.53. The number of rotatable bonds is 7. The lowest BCUT2D eigenvalue weighted by Crippen LogP contribution is -2.14. The Balaban J connectivity index is 1.50. The van der Waals surface area contributed by atoms with E-state index in [-0.39, 0.29) is 17.6 Å². The van der Waals surface area contributed by atoms with Crippen LogP contribution >= 0.6 is 23.1 Å². The molecule has 0 bridgehead atoms. The number of hydrogen-bond donors (Lipinski definition) is 3. The number of thioether (sulfide) groups is 1. The summed E-state index contributed by atoms with van der Waals surface area (Å²) in [6.07, 6.45) is 0.702. The summed E-state index contributed by atoms with van der Waals surface area (Å²) in [6, 6.07) is 11.0. The van der Waals surface area contributed by atoms with E-state index in [1.807, 2.05) is 17.5 Å². The fraction of sp³-hybridized carbons (Fsp3) is 0.176. The largest absolute Gasteiger partial charge is 0.326 e. The van der Waals surface area contributed by atoms with Gasteiger partial charge in [0, 0.05) is 29.6 Å². The molecule has 2 heterocycles. The van der Waals surface area contributed by atoms with Gasteiger partial charge in [-0.2, -0.15) is 0 Å². The summed E-state index contributed by atoms with van der Waals surface area (Å²) >= 11 is 2.93. The van der Waals surface area contributed by atoms with E-state index in [9.17, 15) is 9.59 Å². The van der Waals surface area contributed by atoms with Crippen LogP contribution in [0.25, 0.3) is 0 Å². The molecule has 0 saturated carbocycles. The lowest BCUT2D eigenvalue weighted by Gasteiger charge is -2.07. The van der Waals surface area contributed by atoms with Gasteiger partial charge < -0.3 is 10.6 Å². The van der Waals surface area contributed by atoms with Crippen molar-refractivity contribution in [3.63, 3.8) is 0 Å². The van der Waals surface area contributed by atoms with Gasteiger partial charge in [-0.25, -0.2) is 4.98 Å². The monoisotopic (exact) mass is 387 g/mol. The molecule has 0 saturated heterocycles. The third-order valence-electron chi connectivity index (χ3n) is 3.23. The minimum absolute atomic E-state index is 0.160. The van der Waals surface area contributed by atoms with Crippen molar-refractivity contribution >= 4 is 46.3 Å². The van der Waals surface area contributed by atoms with Crippen molar-refractivity contribution in [2.45, 2.75) is 18.5 Å². The maximum absolute atomic E-state index is 12.1. The summed E-state index contributed by atoms with van der Waals surface area (Å²) in [4.78, 5) is 28.8. The first-order valence-corrected chi connectivity index (χ1v) is 9.69. The summed E-state index contributed by atoms with van der Waals surface area (Å²) in [5.41, 5.74) is 1.25. The van der Waals surface area contributed by atoms with Gasteiger partial charge in [-0.15, -0.1) is 16.4 Å². The van der Waals surface area contributed by atoms with Crippen LogP contribution in [-0.2, 0) is 16.0 Å². The van der Waals surface area contributed by atoms with Gasteiger partial charge in [0.25, 0.3) is 0 Å². The molecule has 26 heavy (non-hydrogen) atoms. The molecule has 2 aromatic heterocycles. The third kappa shape index (κ3) is 5.43. The van der Waals surface area contributed by atoms with E-state index in [0.29, 0.717) is 23.0 Å². The van der Waals surface area contributed by atoms with Crippen molar-refractivity contribution in [3.05, 3.63) is 52.5 Å². The summed E-state index contributed by atoms with van der Waals surface area (Å²) in [5.74, 6) is 0.644. The lowest BCUT2D eigenvalue weighted by atomic mass is 10.2. The number of nitrogens with zero attached hydrogens (tertiary/aromatic N) is 2. The maximum Gasteiger partial charge on any atom is 0.234 e. The molecule has 3 aromatic rings.